The van der Waals surface area contributed by atoms with Crippen molar-refractivity contribution >= 4 is 11.3 Å². The van der Waals surface area contributed by atoms with Gasteiger partial charge >= 0.3 is 0 Å². The van der Waals surface area contributed by atoms with Gasteiger partial charge in [0.05, 0.1) is 0 Å². The fourth-order valence-corrected chi connectivity index (χ4v) is 2.86. The molecule has 1 aromatic heterocycles. The molecule has 0 aliphatic heterocycles. The van der Waals surface area contributed by atoms with Gasteiger partial charge in [-0.05, 0) is 42.3 Å². The molecule has 0 fully saturated rings. The minimum Gasteiger partial charge on any atom is -0.488 e. The molecular formula is C17H23NOS. The highest BCUT2D eigenvalue weighted by molar-refractivity contribution is 7.11. The maximum Gasteiger partial charge on any atom is 0.122 e. The summed E-state index contributed by atoms with van der Waals surface area (Å²) in [6.07, 6.45) is 0. The minimum absolute atomic E-state index is 0.534. The van der Waals surface area contributed by atoms with Gasteiger partial charge in [0.25, 0.3) is 0 Å². The van der Waals surface area contributed by atoms with Crippen LogP contribution in [0.15, 0.2) is 36.4 Å². The molecular weight excluding hydrogens is 266 g/mol. The Morgan fingerprint density at radius 3 is 2.70 bits per heavy atom. The molecule has 2 rings (SSSR count). The van der Waals surface area contributed by atoms with Crippen LogP contribution in [0.5, 0.6) is 5.75 Å². The van der Waals surface area contributed by atoms with E-state index in [2.05, 4.69) is 56.4 Å². The first-order valence-electron chi connectivity index (χ1n) is 7.20. The summed E-state index contributed by atoms with van der Waals surface area (Å²) in [6, 6.07) is 12.7. The first kappa shape index (κ1) is 15.1. The Bertz CT molecular complexity index is 533. The van der Waals surface area contributed by atoms with Crippen molar-refractivity contribution in [1.29, 1.82) is 0 Å². The number of nitrogens with one attached hydrogen (secondary N) is 1. The van der Waals surface area contributed by atoms with Gasteiger partial charge in [-0.25, -0.2) is 0 Å². The molecule has 0 unspecified atom stereocenters. The maximum absolute atomic E-state index is 5.89. The smallest absolute Gasteiger partial charge is 0.122 e. The fourth-order valence-electron chi connectivity index (χ4n) is 1.96. The van der Waals surface area contributed by atoms with Gasteiger partial charge in [-0.1, -0.05) is 32.9 Å². The molecule has 20 heavy (non-hydrogen) atoms. The summed E-state index contributed by atoms with van der Waals surface area (Å²) < 4.78 is 5.89. The van der Waals surface area contributed by atoms with Gasteiger partial charge in [0.15, 0.2) is 0 Å². The molecule has 3 heteroatoms. The first-order valence-corrected chi connectivity index (χ1v) is 8.01. The lowest BCUT2D eigenvalue weighted by Crippen LogP contribution is -2.10. The van der Waals surface area contributed by atoms with Crippen LogP contribution >= 0.6 is 11.3 Å². The predicted molar refractivity (Wildman–Crippen MR) is 86.6 cm³/mol. The van der Waals surface area contributed by atoms with Crippen LogP contribution in [-0.2, 0) is 13.2 Å². The number of hydrogen-bond acceptors (Lipinski definition) is 3. The predicted octanol–water partition coefficient (Wildman–Crippen LogP) is 4.56. The largest absolute Gasteiger partial charge is 0.488 e. The highest BCUT2D eigenvalue weighted by atomic mass is 32.1. The standard InChI is InChI=1S/C17H23NOS/c1-4-18-11-16-8-9-17(20-16)12-19-15-7-5-6-14(10-15)13(2)3/h5-10,13,18H,4,11-12H2,1-3H3. The summed E-state index contributed by atoms with van der Waals surface area (Å²) >= 11 is 1.82. The van der Waals surface area contributed by atoms with Crippen LogP contribution in [0.2, 0.25) is 0 Å². The third-order valence-corrected chi connectivity index (χ3v) is 4.23. The van der Waals surface area contributed by atoms with E-state index >= 15 is 0 Å². The summed E-state index contributed by atoms with van der Waals surface area (Å²) in [6.45, 7) is 9.13. The molecule has 108 valence electrons. The van der Waals surface area contributed by atoms with Crippen LogP contribution in [-0.4, -0.2) is 6.54 Å². The van der Waals surface area contributed by atoms with Gasteiger partial charge in [0, 0.05) is 16.3 Å². The van der Waals surface area contributed by atoms with Gasteiger partial charge in [-0.3, -0.25) is 0 Å². The van der Waals surface area contributed by atoms with Gasteiger partial charge in [0.1, 0.15) is 12.4 Å². The van der Waals surface area contributed by atoms with Gasteiger partial charge in [-0.2, -0.15) is 0 Å². The summed E-state index contributed by atoms with van der Waals surface area (Å²) in [5.41, 5.74) is 1.32. The molecule has 2 nitrogen and oxygen atoms in total. The van der Waals surface area contributed by atoms with Crippen LogP contribution < -0.4 is 10.1 Å². The van der Waals surface area contributed by atoms with E-state index in [0.717, 1.165) is 18.8 Å². The molecule has 0 saturated carbocycles. The van der Waals surface area contributed by atoms with E-state index in [1.807, 2.05) is 17.4 Å². The highest BCUT2D eigenvalue weighted by Crippen LogP contribution is 2.22. The van der Waals surface area contributed by atoms with Crippen molar-refractivity contribution in [3.63, 3.8) is 0 Å². The van der Waals surface area contributed by atoms with Crippen LogP contribution in [0.4, 0.5) is 0 Å². The monoisotopic (exact) mass is 289 g/mol. The normalized spacial score (nSPS) is 11.0. The molecule has 2 aromatic rings. The lowest BCUT2D eigenvalue weighted by molar-refractivity contribution is 0.309. The van der Waals surface area contributed by atoms with Gasteiger partial charge in [-0.15, -0.1) is 11.3 Å². The first-order chi connectivity index (χ1) is 9.69. The lowest BCUT2D eigenvalue weighted by Gasteiger charge is -2.09. The van der Waals surface area contributed by atoms with Crippen molar-refractivity contribution in [2.75, 3.05) is 6.54 Å². The van der Waals surface area contributed by atoms with Crippen molar-refractivity contribution in [3.05, 3.63) is 51.7 Å². The zero-order chi connectivity index (χ0) is 14.4. The fraction of sp³-hybridized carbons (Fsp3) is 0.412. The number of hydrogen-bond donors (Lipinski definition) is 1. The van der Waals surface area contributed by atoms with Crippen molar-refractivity contribution < 1.29 is 4.74 Å². The molecule has 0 amide bonds. The van der Waals surface area contributed by atoms with Crippen molar-refractivity contribution in [2.45, 2.75) is 39.8 Å². The summed E-state index contributed by atoms with van der Waals surface area (Å²) in [5.74, 6) is 1.49. The molecule has 1 heterocycles. The van der Waals surface area contributed by atoms with E-state index in [1.165, 1.54) is 15.3 Å². The molecule has 0 aliphatic rings. The topological polar surface area (TPSA) is 21.3 Å². The van der Waals surface area contributed by atoms with Crippen molar-refractivity contribution in [3.8, 4) is 5.75 Å². The molecule has 0 saturated heterocycles. The van der Waals surface area contributed by atoms with E-state index in [0.29, 0.717) is 12.5 Å². The third kappa shape index (κ3) is 4.36. The van der Waals surface area contributed by atoms with Gasteiger partial charge in [0.2, 0.25) is 0 Å². The Morgan fingerprint density at radius 2 is 1.95 bits per heavy atom. The molecule has 1 N–H and O–H groups in total. The van der Waals surface area contributed by atoms with E-state index < -0.39 is 0 Å². The Labute approximate surface area is 125 Å². The SMILES string of the molecule is CCNCc1ccc(COc2cccc(C(C)C)c2)s1. The Morgan fingerprint density at radius 1 is 1.15 bits per heavy atom. The Kier molecular flexibility index (Phi) is 5.62. The molecule has 0 bridgehead atoms. The average Bonchev–Trinajstić information content (AvgIpc) is 2.91. The molecule has 0 aliphatic carbocycles. The average molecular weight is 289 g/mol. The molecule has 0 spiro atoms. The molecule has 0 atom stereocenters. The highest BCUT2D eigenvalue weighted by Gasteiger charge is 2.03. The number of ether oxygens (including phenoxy) is 1. The second kappa shape index (κ2) is 7.46. The summed E-state index contributed by atoms with van der Waals surface area (Å²) in [7, 11) is 0. The number of rotatable bonds is 7. The summed E-state index contributed by atoms with van der Waals surface area (Å²) in [4.78, 5) is 2.63. The zero-order valence-corrected chi connectivity index (χ0v) is 13.3. The maximum atomic E-state index is 5.89. The number of benzene rings is 1. The van der Waals surface area contributed by atoms with E-state index in [1.54, 1.807) is 0 Å². The van der Waals surface area contributed by atoms with Crippen LogP contribution in [0.3, 0.4) is 0 Å². The van der Waals surface area contributed by atoms with Crippen LogP contribution in [0.25, 0.3) is 0 Å². The number of thiophene rings is 1. The summed E-state index contributed by atoms with van der Waals surface area (Å²) in [5, 5.41) is 3.34. The quantitative estimate of drug-likeness (QED) is 0.806. The lowest BCUT2D eigenvalue weighted by atomic mass is 10.0. The van der Waals surface area contributed by atoms with Crippen molar-refractivity contribution in [2.24, 2.45) is 0 Å². The molecule has 0 radical (unpaired) electrons. The van der Waals surface area contributed by atoms with Crippen LogP contribution in [0.1, 0.15) is 42.0 Å². The zero-order valence-electron chi connectivity index (χ0n) is 12.5. The Hall–Kier alpha value is -1.32. The second-order valence-electron chi connectivity index (χ2n) is 5.16. The Balaban J connectivity index is 1.91. The van der Waals surface area contributed by atoms with E-state index in [-0.39, 0.29) is 0 Å². The second-order valence-corrected chi connectivity index (χ2v) is 6.42. The van der Waals surface area contributed by atoms with E-state index in [9.17, 15) is 0 Å². The minimum atomic E-state index is 0.534. The van der Waals surface area contributed by atoms with E-state index in [4.69, 9.17) is 4.74 Å². The van der Waals surface area contributed by atoms with Crippen molar-refractivity contribution in [1.82, 2.24) is 5.32 Å². The van der Waals surface area contributed by atoms with Crippen LogP contribution in [0, 0.1) is 0 Å². The van der Waals surface area contributed by atoms with Gasteiger partial charge < -0.3 is 10.1 Å². The third-order valence-electron chi connectivity index (χ3n) is 3.17. The molecule has 1 aromatic carbocycles.